The summed E-state index contributed by atoms with van der Waals surface area (Å²) in [6.07, 6.45) is 1.93. The lowest BCUT2D eigenvalue weighted by Crippen LogP contribution is -2.50. The first-order valence-corrected chi connectivity index (χ1v) is 7.19. The molecule has 19 heavy (non-hydrogen) atoms. The van der Waals surface area contributed by atoms with Crippen molar-refractivity contribution in [3.8, 4) is 0 Å². The molecule has 1 N–H and O–H groups in total. The number of likely N-dealkylation sites (N-methyl/N-ethyl adjacent to an activating group) is 1. The average Bonchev–Trinajstić information content (AvgIpc) is 2.36. The van der Waals surface area contributed by atoms with E-state index in [1.165, 1.54) is 5.69 Å². The molecule has 0 amide bonds. The second kappa shape index (κ2) is 6.35. The van der Waals surface area contributed by atoms with E-state index < -0.39 is 0 Å². The summed E-state index contributed by atoms with van der Waals surface area (Å²) >= 11 is 0. The number of pyridine rings is 1. The highest BCUT2D eigenvalue weighted by Crippen LogP contribution is 2.20. The van der Waals surface area contributed by atoms with Crippen LogP contribution in [0.15, 0.2) is 18.3 Å². The van der Waals surface area contributed by atoms with Crippen molar-refractivity contribution in [3.63, 3.8) is 0 Å². The van der Waals surface area contributed by atoms with E-state index >= 15 is 0 Å². The number of hydrogen-bond donors (Lipinski definition) is 1. The number of piperazine rings is 1. The molecule has 1 saturated heterocycles. The lowest BCUT2D eigenvalue weighted by Gasteiger charge is -2.39. The molecule has 0 spiro atoms. The molecule has 4 nitrogen and oxygen atoms in total. The molecule has 1 aliphatic rings. The number of nitrogens with one attached hydrogen (secondary N) is 1. The van der Waals surface area contributed by atoms with E-state index in [2.05, 4.69) is 60.1 Å². The summed E-state index contributed by atoms with van der Waals surface area (Å²) in [5, 5.41) is 3.42. The van der Waals surface area contributed by atoms with E-state index in [-0.39, 0.29) is 0 Å². The highest BCUT2D eigenvalue weighted by molar-refractivity contribution is 5.48. The van der Waals surface area contributed by atoms with Crippen LogP contribution in [0.3, 0.4) is 0 Å². The molecular formula is C15H26N4. The van der Waals surface area contributed by atoms with Crippen LogP contribution < -0.4 is 10.2 Å². The summed E-state index contributed by atoms with van der Waals surface area (Å²) in [6, 6.07) is 5.40. The molecule has 0 aromatic carbocycles. The SMILES string of the molecule is CC(C)NCc1cc(N2CCN(C)CC2C)ccn1. The van der Waals surface area contributed by atoms with Gasteiger partial charge in [0.25, 0.3) is 0 Å². The Morgan fingerprint density at radius 1 is 1.42 bits per heavy atom. The van der Waals surface area contributed by atoms with Crippen molar-refractivity contribution in [2.45, 2.75) is 39.4 Å². The van der Waals surface area contributed by atoms with Crippen molar-refractivity contribution in [1.29, 1.82) is 0 Å². The topological polar surface area (TPSA) is 31.4 Å². The fourth-order valence-electron chi connectivity index (χ4n) is 2.57. The van der Waals surface area contributed by atoms with Gasteiger partial charge in [-0.3, -0.25) is 4.98 Å². The largest absolute Gasteiger partial charge is 0.366 e. The smallest absolute Gasteiger partial charge is 0.0562 e. The van der Waals surface area contributed by atoms with Crippen LogP contribution in [-0.4, -0.2) is 48.6 Å². The summed E-state index contributed by atoms with van der Waals surface area (Å²) in [6.45, 7) is 10.8. The van der Waals surface area contributed by atoms with Crippen LogP contribution in [0.4, 0.5) is 5.69 Å². The van der Waals surface area contributed by atoms with E-state index in [1.807, 2.05) is 6.20 Å². The molecule has 1 aromatic heterocycles. The van der Waals surface area contributed by atoms with Gasteiger partial charge in [-0.2, -0.15) is 0 Å². The minimum atomic E-state index is 0.494. The van der Waals surface area contributed by atoms with Crippen molar-refractivity contribution in [2.24, 2.45) is 0 Å². The number of aromatic nitrogens is 1. The molecule has 4 heteroatoms. The monoisotopic (exact) mass is 262 g/mol. The Bertz CT molecular complexity index is 405. The third-order valence-corrected chi connectivity index (χ3v) is 3.65. The zero-order valence-corrected chi connectivity index (χ0v) is 12.6. The predicted molar refractivity (Wildman–Crippen MR) is 80.5 cm³/mol. The normalized spacial score (nSPS) is 21.1. The van der Waals surface area contributed by atoms with E-state index in [9.17, 15) is 0 Å². The van der Waals surface area contributed by atoms with Gasteiger partial charge in [0.15, 0.2) is 0 Å². The third-order valence-electron chi connectivity index (χ3n) is 3.65. The Kier molecular flexibility index (Phi) is 4.77. The van der Waals surface area contributed by atoms with Gasteiger partial charge in [-0.1, -0.05) is 13.8 Å². The summed E-state index contributed by atoms with van der Waals surface area (Å²) in [5.74, 6) is 0. The maximum Gasteiger partial charge on any atom is 0.0562 e. The fraction of sp³-hybridized carbons (Fsp3) is 0.667. The van der Waals surface area contributed by atoms with Gasteiger partial charge in [0, 0.05) is 50.1 Å². The minimum absolute atomic E-state index is 0.494. The molecular weight excluding hydrogens is 236 g/mol. The lowest BCUT2D eigenvalue weighted by atomic mass is 10.1. The lowest BCUT2D eigenvalue weighted by molar-refractivity contribution is 0.275. The number of nitrogens with zero attached hydrogens (tertiary/aromatic N) is 3. The zero-order chi connectivity index (χ0) is 13.8. The van der Waals surface area contributed by atoms with Crippen LogP contribution in [0.5, 0.6) is 0 Å². The predicted octanol–water partition coefficient (Wildman–Crippen LogP) is 1.72. The van der Waals surface area contributed by atoms with Crippen molar-refractivity contribution >= 4 is 5.69 Å². The molecule has 1 unspecified atom stereocenters. The molecule has 1 aromatic rings. The van der Waals surface area contributed by atoms with E-state index in [1.54, 1.807) is 0 Å². The molecule has 1 atom stereocenters. The fourth-order valence-corrected chi connectivity index (χ4v) is 2.57. The molecule has 2 rings (SSSR count). The Morgan fingerprint density at radius 2 is 2.21 bits per heavy atom. The van der Waals surface area contributed by atoms with Crippen LogP contribution in [0.1, 0.15) is 26.5 Å². The summed E-state index contributed by atoms with van der Waals surface area (Å²) in [5.41, 5.74) is 2.42. The van der Waals surface area contributed by atoms with Gasteiger partial charge in [-0.15, -0.1) is 0 Å². The van der Waals surface area contributed by atoms with Crippen LogP contribution >= 0.6 is 0 Å². The van der Waals surface area contributed by atoms with E-state index in [4.69, 9.17) is 0 Å². The molecule has 0 aliphatic carbocycles. The Balaban J connectivity index is 2.05. The highest BCUT2D eigenvalue weighted by Gasteiger charge is 2.21. The quantitative estimate of drug-likeness (QED) is 0.895. The van der Waals surface area contributed by atoms with Crippen molar-refractivity contribution in [1.82, 2.24) is 15.2 Å². The first-order chi connectivity index (χ1) is 9.06. The molecule has 0 radical (unpaired) electrons. The van der Waals surface area contributed by atoms with Gasteiger partial charge in [-0.25, -0.2) is 0 Å². The molecule has 2 heterocycles. The standard InChI is InChI=1S/C15H26N4/c1-12(2)17-10-14-9-15(5-6-16-14)19-8-7-18(4)11-13(19)3/h5-6,9,12-13,17H,7-8,10-11H2,1-4H3. The molecule has 1 aliphatic heterocycles. The highest BCUT2D eigenvalue weighted by atomic mass is 15.3. The Hall–Kier alpha value is -1.13. The molecule has 1 fully saturated rings. The number of rotatable bonds is 4. The van der Waals surface area contributed by atoms with Gasteiger partial charge in [0.2, 0.25) is 0 Å². The number of hydrogen-bond acceptors (Lipinski definition) is 4. The summed E-state index contributed by atoms with van der Waals surface area (Å²) < 4.78 is 0. The molecule has 0 saturated carbocycles. The van der Waals surface area contributed by atoms with Gasteiger partial charge in [0.1, 0.15) is 0 Å². The maximum atomic E-state index is 4.45. The first-order valence-electron chi connectivity index (χ1n) is 7.19. The van der Waals surface area contributed by atoms with Crippen molar-refractivity contribution < 1.29 is 0 Å². The van der Waals surface area contributed by atoms with Crippen LogP contribution in [0.25, 0.3) is 0 Å². The Labute approximate surface area is 116 Å². The van der Waals surface area contributed by atoms with E-state index in [0.717, 1.165) is 31.9 Å². The van der Waals surface area contributed by atoms with Gasteiger partial charge < -0.3 is 15.1 Å². The molecule has 106 valence electrons. The maximum absolute atomic E-state index is 4.45. The van der Waals surface area contributed by atoms with Crippen molar-refractivity contribution in [2.75, 3.05) is 31.6 Å². The second-order valence-electron chi connectivity index (χ2n) is 5.85. The second-order valence-corrected chi connectivity index (χ2v) is 5.85. The van der Waals surface area contributed by atoms with Gasteiger partial charge >= 0.3 is 0 Å². The summed E-state index contributed by atoms with van der Waals surface area (Å²) in [4.78, 5) is 9.33. The Morgan fingerprint density at radius 3 is 2.89 bits per heavy atom. The first kappa shape index (κ1) is 14.3. The van der Waals surface area contributed by atoms with Gasteiger partial charge in [-0.05, 0) is 26.1 Å². The van der Waals surface area contributed by atoms with Crippen molar-refractivity contribution in [3.05, 3.63) is 24.0 Å². The zero-order valence-electron chi connectivity index (χ0n) is 12.6. The molecule has 0 bridgehead atoms. The van der Waals surface area contributed by atoms with Crippen LogP contribution in [-0.2, 0) is 6.54 Å². The van der Waals surface area contributed by atoms with Crippen LogP contribution in [0.2, 0.25) is 0 Å². The van der Waals surface area contributed by atoms with E-state index in [0.29, 0.717) is 12.1 Å². The number of anilines is 1. The minimum Gasteiger partial charge on any atom is -0.366 e. The third kappa shape index (κ3) is 3.91. The average molecular weight is 262 g/mol. The summed E-state index contributed by atoms with van der Waals surface area (Å²) in [7, 11) is 2.19. The van der Waals surface area contributed by atoms with Crippen LogP contribution in [0, 0.1) is 0 Å². The van der Waals surface area contributed by atoms with Gasteiger partial charge in [0.05, 0.1) is 5.69 Å².